The van der Waals surface area contributed by atoms with Crippen LogP contribution in [-0.2, 0) is 0 Å². The van der Waals surface area contributed by atoms with Crippen LogP contribution in [0.4, 0.5) is 19.3 Å². The first-order chi connectivity index (χ1) is 8.61. The second-order valence-corrected chi connectivity index (χ2v) is 4.23. The van der Waals surface area contributed by atoms with Gasteiger partial charge in [-0.15, -0.1) is 0 Å². The van der Waals surface area contributed by atoms with Gasteiger partial charge in [0.2, 0.25) is 0 Å². The van der Waals surface area contributed by atoms with Gasteiger partial charge in [-0.3, -0.25) is 0 Å². The van der Waals surface area contributed by atoms with E-state index >= 15 is 0 Å². The molecule has 0 spiro atoms. The number of amides is 2. The molecule has 0 aliphatic carbocycles. The van der Waals surface area contributed by atoms with Crippen LogP contribution in [0.5, 0.6) is 0 Å². The first-order valence-corrected chi connectivity index (χ1v) is 5.75. The van der Waals surface area contributed by atoms with Crippen LogP contribution < -0.4 is 5.32 Å². The highest BCUT2D eigenvalue weighted by Gasteiger charge is 2.28. The van der Waals surface area contributed by atoms with E-state index in [-0.39, 0.29) is 18.3 Å². The summed E-state index contributed by atoms with van der Waals surface area (Å²) in [6.45, 7) is 0.464. The molecule has 0 aromatic heterocycles. The topological polar surface area (TPSA) is 52.6 Å². The summed E-state index contributed by atoms with van der Waals surface area (Å²) in [5.41, 5.74) is 0.197. The van der Waals surface area contributed by atoms with Gasteiger partial charge in [-0.05, 0) is 25.0 Å². The maximum Gasteiger partial charge on any atom is 0.322 e. The molecule has 0 bridgehead atoms. The molecule has 2 amide bonds. The average molecular weight is 256 g/mol. The van der Waals surface area contributed by atoms with E-state index in [0.29, 0.717) is 6.54 Å². The van der Waals surface area contributed by atoms with Crippen molar-refractivity contribution in [3.63, 3.8) is 0 Å². The molecule has 2 rings (SSSR count). The van der Waals surface area contributed by atoms with E-state index in [4.69, 9.17) is 5.11 Å². The molecule has 1 fully saturated rings. The number of rotatable bonds is 2. The highest BCUT2D eigenvalue weighted by molar-refractivity contribution is 5.89. The number of nitrogens with zero attached hydrogens (tertiary/aromatic N) is 1. The van der Waals surface area contributed by atoms with Crippen molar-refractivity contribution >= 4 is 11.7 Å². The molecule has 18 heavy (non-hydrogen) atoms. The van der Waals surface area contributed by atoms with Crippen LogP contribution >= 0.6 is 0 Å². The van der Waals surface area contributed by atoms with Crippen molar-refractivity contribution in [2.45, 2.75) is 18.9 Å². The Morgan fingerprint density at radius 1 is 1.44 bits per heavy atom. The molecule has 0 saturated carbocycles. The molecular weight excluding hydrogens is 242 g/mol. The number of hydrogen-bond acceptors (Lipinski definition) is 2. The molecule has 2 N–H and O–H groups in total. The van der Waals surface area contributed by atoms with Gasteiger partial charge in [0.15, 0.2) is 11.6 Å². The van der Waals surface area contributed by atoms with Gasteiger partial charge < -0.3 is 15.3 Å². The number of aliphatic hydroxyl groups is 1. The largest absolute Gasteiger partial charge is 0.394 e. The Bertz CT molecular complexity index is 454. The number of anilines is 1. The molecule has 1 atom stereocenters. The van der Waals surface area contributed by atoms with Crippen molar-refractivity contribution in [2.24, 2.45) is 0 Å². The molecule has 6 heteroatoms. The molecule has 4 nitrogen and oxygen atoms in total. The monoisotopic (exact) mass is 256 g/mol. The number of halogens is 2. The summed E-state index contributed by atoms with van der Waals surface area (Å²) in [4.78, 5) is 13.4. The molecule has 1 heterocycles. The number of nitrogens with one attached hydrogen (secondary N) is 1. The van der Waals surface area contributed by atoms with E-state index < -0.39 is 17.7 Å². The molecule has 98 valence electrons. The summed E-state index contributed by atoms with van der Waals surface area (Å²) in [5, 5.41) is 11.6. The lowest BCUT2D eigenvalue weighted by Gasteiger charge is -2.23. The van der Waals surface area contributed by atoms with E-state index in [0.717, 1.165) is 25.0 Å². The number of urea groups is 1. The smallest absolute Gasteiger partial charge is 0.322 e. The number of benzene rings is 1. The Morgan fingerprint density at radius 3 is 2.89 bits per heavy atom. The molecule has 1 saturated heterocycles. The van der Waals surface area contributed by atoms with Gasteiger partial charge >= 0.3 is 6.03 Å². The number of carbonyl (C=O) groups is 1. The third-order valence-electron chi connectivity index (χ3n) is 3.02. The van der Waals surface area contributed by atoms with Gasteiger partial charge in [-0.1, -0.05) is 0 Å². The van der Waals surface area contributed by atoms with Crippen LogP contribution in [0.15, 0.2) is 18.2 Å². The fraction of sp³-hybridized carbons (Fsp3) is 0.417. The van der Waals surface area contributed by atoms with Crippen molar-refractivity contribution in [1.29, 1.82) is 0 Å². The van der Waals surface area contributed by atoms with Crippen LogP contribution in [0.2, 0.25) is 0 Å². The van der Waals surface area contributed by atoms with Gasteiger partial charge in [0, 0.05) is 18.3 Å². The highest BCUT2D eigenvalue weighted by Crippen LogP contribution is 2.19. The average Bonchev–Trinajstić information content (AvgIpc) is 2.82. The quantitative estimate of drug-likeness (QED) is 0.849. The van der Waals surface area contributed by atoms with Gasteiger partial charge in [0.05, 0.1) is 12.6 Å². The Balaban J connectivity index is 2.04. The Kier molecular flexibility index (Phi) is 3.76. The summed E-state index contributed by atoms with van der Waals surface area (Å²) in [6.07, 6.45) is 1.58. The maximum absolute atomic E-state index is 13.0. The van der Waals surface area contributed by atoms with Crippen LogP contribution in [0.3, 0.4) is 0 Å². The van der Waals surface area contributed by atoms with E-state index in [1.54, 1.807) is 0 Å². The van der Waals surface area contributed by atoms with Gasteiger partial charge in [-0.2, -0.15) is 0 Å². The third kappa shape index (κ3) is 2.59. The second-order valence-electron chi connectivity index (χ2n) is 4.23. The zero-order valence-electron chi connectivity index (χ0n) is 9.70. The van der Waals surface area contributed by atoms with Crippen molar-refractivity contribution in [2.75, 3.05) is 18.5 Å². The van der Waals surface area contributed by atoms with E-state index in [1.165, 1.54) is 11.0 Å². The minimum absolute atomic E-state index is 0.0921. The fourth-order valence-electron chi connectivity index (χ4n) is 2.06. The predicted octanol–water partition coefficient (Wildman–Crippen LogP) is 1.95. The van der Waals surface area contributed by atoms with Crippen molar-refractivity contribution < 1.29 is 18.7 Å². The Hall–Kier alpha value is -1.69. The highest BCUT2D eigenvalue weighted by atomic mass is 19.2. The molecule has 0 radical (unpaired) electrons. The SMILES string of the molecule is O=C(Nc1ccc(F)c(F)c1)N1CCC[C@H]1CO. The van der Waals surface area contributed by atoms with Crippen molar-refractivity contribution in [3.05, 3.63) is 29.8 Å². The minimum atomic E-state index is -1.01. The molecule has 1 aromatic carbocycles. The lowest BCUT2D eigenvalue weighted by atomic mass is 10.2. The number of likely N-dealkylation sites (tertiary alicyclic amines) is 1. The van der Waals surface area contributed by atoms with Crippen LogP contribution in [0, 0.1) is 11.6 Å². The summed E-state index contributed by atoms with van der Waals surface area (Å²) in [6, 6.07) is 2.57. The first kappa shape index (κ1) is 12.8. The van der Waals surface area contributed by atoms with Gasteiger partial charge in [0.25, 0.3) is 0 Å². The molecule has 1 aliphatic heterocycles. The summed E-state index contributed by atoms with van der Waals surface area (Å²) < 4.78 is 25.7. The van der Waals surface area contributed by atoms with E-state index in [2.05, 4.69) is 5.32 Å². The zero-order chi connectivity index (χ0) is 13.1. The minimum Gasteiger partial charge on any atom is -0.394 e. The first-order valence-electron chi connectivity index (χ1n) is 5.75. The van der Waals surface area contributed by atoms with Crippen LogP contribution in [0.25, 0.3) is 0 Å². The van der Waals surface area contributed by atoms with Crippen LogP contribution in [-0.4, -0.2) is 35.2 Å². The van der Waals surface area contributed by atoms with Crippen molar-refractivity contribution in [3.8, 4) is 0 Å². The second kappa shape index (κ2) is 5.30. The number of hydrogen-bond donors (Lipinski definition) is 2. The van der Waals surface area contributed by atoms with Crippen molar-refractivity contribution in [1.82, 2.24) is 4.90 Å². The standard InChI is InChI=1S/C12H14F2N2O2/c13-10-4-3-8(6-11(10)14)15-12(18)16-5-1-2-9(16)7-17/h3-4,6,9,17H,1-2,5,7H2,(H,15,18)/t9-/m0/s1. The third-order valence-corrected chi connectivity index (χ3v) is 3.02. The number of carbonyl (C=O) groups excluding carboxylic acids is 1. The molecular formula is C12H14F2N2O2. The Morgan fingerprint density at radius 2 is 2.22 bits per heavy atom. The molecule has 1 aliphatic rings. The predicted molar refractivity (Wildman–Crippen MR) is 62.2 cm³/mol. The number of aliphatic hydroxyl groups excluding tert-OH is 1. The lowest BCUT2D eigenvalue weighted by Crippen LogP contribution is -2.40. The summed E-state index contributed by atoms with van der Waals surface area (Å²) in [5.74, 6) is -1.96. The zero-order valence-corrected chi connectivity index (χ0v) is 9.70. The fourth-order valence-corrected chi connectivity index (χ4v) is 2.06. The Labute approximate surface area is 103 Å². The maximum atomic E-state index is 13.0. The van der Waals surface area contributed by atoms with Gasteiger partial charge in [-0.25, -0.2) is 13.6 Å². The normalized spacial score (nSPS) is 19.1. The summed E-state index contributed by atoms with van der Waals surface area (Å²) in [7, 11) is 0. The lowest BCUT2D eigenvalue weighted by molar-refractivity contribution is 0.166. The van der Waals surface area contributed by atoms with E-state index in [9.17, 15) is 13.6 Å². The van der Waals surface area contributed by atoms with Crippen LogP contribution in [0.1, 0.15) is 12.8 Å². The molecule has 0 unspecified atom stereocenters. The molecule has 1 aromatic rings. The summed E-state index contributed by atoms with van der Waals surface area (Å²) >= 11 is 0. The van der Waals surface area contributed by atoms with E-state index in [1.807, 2.05) is 0 Å². The van der Waals surface area contributed by atoms with Gasteiger partial charge in [0.1, 0.15) is 0 Å².